The molecular formula is C20H16. The van der Waals surface area contributed by atoms with Crippen LogP contribution in [0, 0.1) is 13.8 Å². The minimum absolute atomic E-state index is 1.34. The van der Waals surface area contributed by atoms with E-state index in [0.717, 1.165) is 0 Å². The number of aryl methyl sites for hydroxylation is 2. The van der Waals surface area contributed by atoms with E-state index < -0.39 is 0 Å². The maximum absolute atomic E-state index is 2.26. The Labute approximate surface area is 119 Å². The van der Waals surface area contributed by atoms with Gasteiger partial charge < -0.3 is 0 Å². The van der Waals surface area contributed by atoms with Crippen LogP contribution in [0.1, 0.15) is 33.4 Å². The predicted molar refractivity (Wildman–Crippen MR) is 87.2 cm³/mol. The lowest BCUT2D eigenvalue weighted by molar-refractivity contribution is 1.41. The third-order valence-corrected chi connectivity index (χ3v) is 4.30. The minimum Gasteiger partial charge on any atom is -0.0614 e. The first-order valence-electron chi connectivity index (χ1n) is 7.06. The van der Waals surface area contributed by atoms with E-state index in [2.05, 4.69) is 74.5 Å². The van der Waals surface area contributed by atoms with Gasteiger partial charge in [0.15, 0.2) is 0 Å². The molecule has 0 nitrogen and oxygen atoms in total. The van der Waals surface area contributed by atoms with Gasteiger partial charge >= 0.3 is 0 Å². The van der Waals surface area contributed by atoms with Gasteiger partial charge in [-0.25, -0.2) is 0 Å². The molecule has 2 aromatic carbocycles. The summed E-state index contributed by atoms with van der Waals surface area (Å²) in [5, 5.41) is 0. The van der Waals surface area contributed by atoms with Crippen molar-refractivity contribution >= 4 is 23.3 Å². The van der Waals surface area contributed by atoms with Gasteiger partial charge in [-0.15, -0.1) is 0 Å². The molecular weight excluding hydrogens is 240 g/mol. The summed E-state index contributed by atoms with van der Waals surface area (Å²) in [6.07, 6.45) is 8.99. The van der Waals surface area contributed by atoms with Crippen molar-refractivity contribution in [2.45, 2.75) is 13.8 Å². The molecule has 2 aromatic rings. The van der Waals surface area contributed by atoms with Gasteiger partial charge in [-0.1, -0.05) is 60.7 Å². The van der Waals surface area contributed by atoms with Crippen molar-refractivity contribution in [3.05, 3.63) is 81.9 Å². The number of fused-ring (bicyclic) bond motifs is 2. The molecule has 0 unspecified atom stereocenters. The smallest absolute Gasteiger partial charge is 0.00759 e. The molecule has 0 saturated heterocycles. The fourth-order valence-electron chi connectivity index (χ4n) is 3.36. The maximum atomic E-state index is 2.26. The molecule has 2 aliphatic carbocycles. The van der Waals surface area contributed by atoms with E-state index in [4.69, 9.17) is 0 Å². The Hall–Kier alpha value is -2.34. The summed E-state index contributed by atoms with van der Waals surface area (Å²) in [6, 6.07) is 13.1. The Morgan fingerprint density at radius 1 is 0.550 bits per heavy atom. The monoisotopic (exact) mass is 256 g/mol. The van der Waals surface area contributed by atoms with Crippen LogP contribution in [-0.2, 0) is 0 Å². The topological polar surface area (TPSA) is 0 Å². The third-order valence-electron chi connectivity index (χ3n) is 4.30. The summed E-state index contributed by atoms with van der Waals surface area (Å²) in [5.41, 5.74) is 10.9. The number of allylic oxidation sites excluding steroid dienone is 4. The van der Waals surface area contributed by atoms with Crippen LogP contribution in [0.3, 0.4) is 0 Å². The van der Waals surface area contributed by atoms with Crippen LogP contribution in [0.15, 0.2) is 48.6 Å². The van der Waals surface area contributed by atoms with Crippen molar-refractivity contribution in [1.82, 2.24) is 0 Å². The van der Waals surface area contributed by atoms with Gasteiger partial charge in [0, 0.05) is 0 Å². The average molecular weight is 256 g/mol. The number of rotatable bonds is 0. The quantitative estimate of drug-likeness (QED) is 0.602. The Bertz CT molecular complexity index is 744. The van der Waals surface area contributed by atoms with Crippen molar-refractivity contribution in [2.75, 3.05) is 0 Å². The lowest BCUT2D eigenvalue weighted by atomic mass is 9.92. The first kappa shape index (κ1) is 11.5. The van der Waals surface area contributed by atoms with Gasteiger partial charge in [-0.05, 0) is 58.4 Å². The lowest BCUT2D eigenvalue weighted by Crippen LogP contribution is -1.92. The molecule has 0 bridgehead atoms. The average Bonchev–Trinajstić information content (AvgIpc) is 3.03. The molecule has 96 valence electrons. The highest BCUT2D eigenvalue weighted by Crippen LogP contribution is 2.42. The van der Waals surface area contributed by atoms with E-state index in [1.807, 2.05) is 0 Å². The molecule has 0 heterocycles. The second-order valence-corrected chi connectivity index (χ2v) is 5.57. The molecule has 0 aliphatic heterocycles. The lowest BCUT2D eigenvalue weighted by Gasteiger charge is -2.12. The molecule has 0 N–H and O–H groups in total. The predicted octanol–water partition coefficient (Wildman–Crippen LogP) is 5.27. The zero-order chi connectivity index (χ0) is 13.7. The van der Waals surface area contributed by atoms with Crippen LogP contribution in [0.25, 0.3) is 23.3 Å². The standard InChI is InChI=1S/C20H16/c1-13-5-3-7-15-9-11-17(19(13)15)18-12-10-16-8-4-6-14(2)20(16)18/h3-12H,1-2H3/b18-17+. The minimum atomic E-state index is 1.34. The molecule has 0 aromatic heterocycles. The number of hydrogen-bond donors (Lipinski definition) is 0. The molecule has 0 saturated carbocycles. The van der Waals surface area contributed by atoms with E-state index in [0.29, 0.717) is 0 Å². The first-order chi connectivity index (χ1) is 9.75. The van der Waals surface area contributed by atoms with Crippen molar-refractivity contribution in [3.8, 4) is 0 Å². The normalized spacial score (nSPS) is 18.5. The molecule has 2 aliphatic rings. The van der Waals surface area contributed by atoms with E-state index in [9.17, 15) is 0 Å². The fourth-order valence-corrected chi connectivity index (χ4v) is 3.36. The Morgan fingerprint density at radius 3 is 1.45 bits per heavy atom. The summed E-state index contributed by atoms with van der Waals surface area (Å²) in [5.74, 6) is 0. The fraction of sp³-hybridized carbons (Fsp3) is 0.100. The first-order valence-corrected chi connectivity index (χ1v) is 7.06. The van der Waals surface area contributed by atoms with Gasteiger partial charge in [0.25, 0.3) is 0 Å². The second kappa shape index (κ2) is 4.08. The van der Waals surface area contributed by atoms with Gasteiger partial charge in [-0.3, -0.25) is 0 Å². The van der Waals surface area contributed by atoms with E-state index >= 15 is 0 Å². The van der Waals surface area contributed by atoms with Crippen LogP contribution in [-0.4, -0.2) is 0 Å². The summed E-state index contributed by atoms with van der Waals surface area (Å²) >= 11 is 0. The second-order valence-electron chi connectivity index (χ2n) is 5.57. The van der Waals surface area contributed by atoms with Crippen molar-refractivity contribution < 1.29 is 0 Å². The highest BCUT2D eigenvalue weighted by molar-refractivity contribution is 6.10. The van der Waals surface area contributed by atoms with Gasteiger partial charge in [-0.2, -0.15) is 0 Å². The zero-order valence-corrected chi connectivity index (χ0v) is 11.8. The molecule has 0 heteroatoms. The zero-order valence-electron chi connectivity index (χ0n) is 11.8. The summed E-state index contributed by atoms with van der Waals surface area (Å²) in [4.78, 5) is 0. The van der Waals surface area contributed by atoms with Crippen molar-refractivity contribution in [1.29, 1.82) is 0 Å². The van der Waals surface area contributed by atoms with Crippen LogP contribution < -0.4 is 0 Å². The Kier molecular flexibility index (Phi) is 2.34. The summed E-state index contributed by atoms with van der Waals surface area (Å²) in [7, 11) is 0. The molecule has 0 radical (unpaired) electrons. The molecule has 0 amide bonds. The molecule has 0 fully saturated rings. The summed E-state index contributed by atoms with van der Waals surface area (Å²) < 4.78 is 0. The number of hydrogen-bond acceptors (Lipinski definition) is 0. The molecule has 0 atom stereocenters. The van der Waals surface area contributed by atoms with E-state index in [-0.39, 0.29) is 0 Å². The molecule has 20 heavy (non-hydrogen) atoms. The largest absolute Gasteiger partial charge is 0.0614 e. The Morgan fingerprint density at radius 2 is 1.00 bits per heavy atom. The van der Waals surface area contributed by atoms with E-state index in [1.54, 1.807) is 0 Å². The van der Waals surface area contributed by atoms with Crippen molar-refractivity contribution in [3.63, 3.8) is 0 Å². The summed E-state index contributed by atoms with van der Waals surface area (Å²) in [6.45, 7) is 4.40. The third kappa shape index (κ3) is 1.48. The molecule has 4 rings (SSSR count). The van der Waals surface area contributed by atoms with Crippen LogP contribution in [0.2, 0.25) is 0 Å². The van der Waals surface area contributed by atoms with Crippen LogP contribution >= 0.6 is 0 Å². The maximum Gasteiger partial charge on any atom is -0.00759 e. The molecule has 0 spiro atoms. The van der Waals surface area contributed by atoms with Gasteiger partial charge in [0.05, 0.1) is 0 Å². The Balaban J connectivity index is 2.03. The van der Waals surface area contributed by atoms with Gasteiger partial charge in [0.2, 0.25) is 0 Å². The van der Waals surface area contributed by atoms with Crippen molar-refractivity contribution in [2.24, 2.45) is 0 Å². The highest BCUT2D eigenvalue weighted by atomic mass is 14.2. The van der Waals surface area contributed by atoms with Crippen LogP contribution in [0.4, 0.5) is 0 Å². The number of benzene rings is 2. The van der Waals surface area contributed by atoms with Crippen LogP contribution in [0.5, 0.6) is 0 Å². The van der Waals surface area contributed by atoms with Gasteiger partial charge in [0.1, 0.15) is 0 Å². The SMILES string of the molecule is Cc1cccc2c1/C(=C1\C=Cc3cccc(C)c31)C=C2. The highest BCUT2D eigenvalue weighted by Gasteiger charge is 2.21. The van der Waals surface area contributed by atoms with E-state index in [1.165, 1.54) is 44.5 Å².